The third-order valence-electron chi connectivity index (χ3n) is 1.62. The van der Waals surface area contributed by atoms with E-state index in [1.807, 2.05) is 0 Å². The minimum absolute atomic E-state index is 0.376. The van der Waals surface area contributed by atoms with Crippen LogP contribution in [0.1, 0.15) is 0 Å². The second-order valence-electron chi connectivity index (χ2n) is 2.49. The van der Waals surface area contributed by atoms with E-state index in [-0.39, 0.29) is 0 Å². The predicted molar refractivity (Wildman–Crippen MR) is 48.7 cm³/mol. The number of aromatic nitrogens is 4. The molecule has 0 saturated carbocycles. The monoisotopic (exact) mass is 211 g/mol. The number of ether oxygens (including phenoxy) is 2. The number of hydrazone groups is 1. The summed E-state index contributed by atoms with van der Waals surface area (Å²) in [5.74, 6) is 0.846. The zero-order valence-electron chi connectivity index (χ0n) is 8.15. The van der Waals surface area contributed by atoms with Gasteiger partial charge in [-0.15, -0.1) is 9.89 Å². The minimum atomic E-state index is 0.376. The number of nitrogens with zero attached hydrogens (tertiary/aromatic N) is 6. The van der Waals surface area contributed by atoms with Crippen LogP contribution < -0.4 is 10.7 Å². The van der Waals surface area contributed by atoms with Gasteiger partial charge in [-0.1, -0.05) is 10.3 Å². The summed E-state index contributed by atoms with van der Waals surface area (Å²) in [5, 5.41) is 15.9. The Labute approximate surface area is 84.9 Å². The highest BCUT2D eigenvalue weighted by molar-refractivity contribution is 5.88. The van der Waals surface area contributed by atoms with E-state index < -0.39 is 0 Å². The summed E-state index contributed by atoms with van der Waals surface area (Å²) in [6, 6.07) is 0. The quantitative estimate of drug-likeness (QED) is 0.641. The van der Waals surface area contributed by atoms with E-state index in [0.29, 0.717) is 11.8 Å². The van der Waals surface area contributed by atoms with Crippen molar-refractivity contribution >= 4 is 5.90 Å². The molecule has 1 aliphatic heterocycles. The van der Waals surface area contributed by atoms with Crippen molar-refractivity contribution in [2.45, 2.75) is 0 Å². The molecule has 0 unspecified atom stereocenters. The molecule has 1 aliphatic rings. The van der Waals surface area contributed by atoms with Crippen LogP contribution in [0, 0.1) is 0 Å². The number of nitrogens with one attached hydrogen (secondary N) is 1. The first-order chi connectivity index (χ1) is 7.33. The fourth-order valence-electron chi connectivity index (χ4n) is 0.935. The number of tetrazole rings is 1. The van der Waals surface area contributed by atoms with Gasteiger partial charge in [-0.25, -0.2) is 5.43 Å². The molecule has 9 heteroatoms. The van der Waals surface area contributed by atoms with Crippen LogP contribution in [-0.4, -0.2) is 40.4 Å². The topological polar surface area (TPSA) is 89.7 Å². The van der Waals surface area contributed by atoms with E-state index >= 15 is 0 Å². The van der Waals surface area contributed by atoms with Crippen molar-refractivity contribution in [3.8, 4) is 0 Å². The van der Waals surface area contributed by atoms with E-state index in [1.54, 1.807) is 6.08 Å². The molecular formula is C6H9N7O2. The lowest BCUT2D eigenvalue weighted by atomic mass is 10.5. The van der Waals surface area contributed by atoms with Gasteiger partial charge < -0.3 is 9.47 Å². The van der Waals surface area contributed by atoms with Crippen LogP contribution in [0.4, 0.5) is 0 Å². The van der Waals surface area contributed by atoms with Crippen molar-refractivity contribution in [3.63, 3.8) is 0 Å². The summed E-state index contributed by atoms with van der Waals surface area (Å²) >= 11 is 0. The SMILES string of the molecule is COC1=CC(OC)=NN(n2cnnn2)N1. The van der Waals surface area contributed by atoms with Crippen molar-refractivity contribution in [3.05, 3.63) is 18.3 Å². The minimum Gasteiger partial charge on any atom is -0.481 e. The van der Waals surface area contributed by atoms with Crippen molar-refractivity contribution in [2.75, 3.05) is 19.4 Å². The Morgan fingerprint density at radius 2 is 2.20 bits per heavy atom. The average Bonchev–Trinajstić information content (AvgIpc) is 2.81. The highest BCUT2D eigenvalue weighted by Gasteiger charge is 2.15. The van der Waals surface area contributed by atoms with E-state index in [9.17, 15) is 0 Å². The van der Waals surface area contributed by atoms with Crippen LogP contribution in [0.2, 0.25) is 0 Å². The van der Waals surface area contributed by atoms with Gasteiger partial charge in [0, 0.05) is 0 Å². The summed E-state index contributed by atoms with van der Waals surface area (Å²) in [5.41, 5.74) is 2.80. The summed E-state index contributed by atoms with van der Waals surface area (Å²) in [7, 11) is 3.03. The molecular weight excluding hydrogens is 202 g/mol. The molecule has 0 aromatic carbocycles. The number of hydrazine groups is 1. The molecule has 2 rings (SSSR count). The van der Waals surface area contributed by atoms with E-state index in [0.717, 1.165) is 0 Å². The number of hydrogen-bond donors (Lipinski definition) is 1. The molecule has 0 amide bonds. The second-order valence-corrected chi connectivity index (χ2v) is 2.49. The zero-order chi connectivity index (χ0) is 10.7. The van der Waals surface area contributed by atoms with Gasteiger partial charge in [0.05, 0.1) is 20.3 Å². The molecule has 2 heterocycles. The van der Waals surface area contributed by atoms with Crippen LogP contribution in [0.15, 0.2) is 23.4 Å². The van der Waals surface area contributed by atoms with Crippen LogP contribution in [0.25, 0.3) is 0 Å². The van der Waals surface area contributed by atoms with Crippen molar-refractivity contribution in [2.24, 2.45) is 5.10 Å². The first-order valence-electron chi connectivity index (χ1n) is 4.02. The Kier molecular flexibility index (Phi) is 2.35. The van der Waals surface area contributed by atoms with Crippen molar-refractivity contribution < 1.29 is 9.47 Å². The Hall–Kier alpha value is -2.32. The third-order valence-corrected chi connectivity index (χ3v) is 1.62. The Morgan fingerprint density at radius 3 is 2.80 bits per heavy atom. The van der Waals surface area contributed by atoms with Crippen molar-refractivity contribution in [1.29, 1.82) is 0 Å². The third kappa shape index (κ3) is 1.80. The summed E-state index contributed by atoms with van der Waals surface area (Å²) in [6.45, 7) is 0. The smallest absolute Gasteiger partial charge is 0.240 e. The van der Waals surface area contributed by atoms with Gasteiger partial charge >= 0.3 is 0 Å². The highest BCUT2D eigenvalue weighted by Crippen LogP contribution is 2.01. The normalized spacial score (nSPS) is 15.2. The predicted octanol–water partition coefficient (Wildman–Crippen LogP) is -1.42. The fourth-order valence-corrected chi connectivity index (χ4v) is 0.935. The number of rotatable bonds is 2. The first-order valence-corrected chi connectivity index (χ1v) is 4.02. The van der Waals surface area contributed by atoms with Gasteiger partial charge in [-0.3, -0.25) is 0 Å². The molecule has 9 nitrogen and oxygen atoms in total. The molecule has 80 valence electrons. The average molecular weight is 211 g/mol. The fraction of sp³-hybridized carbons (Fsp3) is 0.333. The molecule has 0 saturated heterocycles. The van der Waals surface area contributed by atoms with Gasteiger partial charge in [-0.05, 0) is 10.4 Å². The molecule has 15 heavy (non-hydrogen) atoms. The summed E-state index contributed by atoms with van der Waals surface area (Å²) < 4.78 is 10.00. The van der Waals surface area contributed by atoms with Crippen molar-refractivity contribution in [1.82, 2.24) is 25.7 Å². The first kappa shape index (κ1) is 9.24. The van der Waals surface area contributed by atoms with Gasteiger partial charge in [0.1, 0.15) is 0 Å². The molecule has 0 atom stereocenters. The largest absolute Gasteiger partial charge is 0.481 e. The molecule has 0 fully saturated rings. The molecule has 1 aromatic rings. The molecule has 0 aliphatic carbocycles. The Balaban J connectivity index is 2.23. The number of hydrogen-bond acceptors (Lipinski definition) is 8. The lowest BCUT2D eigenvalue weighted by Gasteiger charge is -2.23. The van der Waals surface area contributed by atoms with Crippen LogP contribution in [-0.2, 0) is 9.47 Å². The maximum atomic E-state index is 5.02. The number of methoxy groups -OCH3 is 2. The highest BCUT2D eigenvalue weighted by atomic mass is 16.5. The van der Waals surface area contributed by atoms with E-state index in [4.69, 9.17) is 9.47 Å². The Bertz CT molecular complexity index is 384. The maximum absolute atomic E-state index is 5.02. The molecule has 0 bridgehead atoms. The summed E-state index contributed by atoms with van der Waals surface area (Å²) in [6.07, 6.45) is 2.98. The van der Waals surface area contributed by atoms with Gasteiger partial charge in [0.2, 0.25) is 11.8 Å². The van der Waals surface area contributed by atoms with Gasteiger partial charge in [0.25, 0.3) is 0 Å². The molecule has 1 aromatic heterocycles. The van der Waals surface area contributed by atoms with Crippen LogP contribution in [0.5, 0.6) is 0 Å². The van der Waals surface area contributed by atoms with Gasteiger partial charge in [0.15, 0.2) is 6.33 Å². The Morgan fingerprint density at radius 1 is 1.33 bits per heavy atom. The van der Waals surface area contributed by atoms with E-state index in [1.165, 1.54) is 30.6 Å². The van der Waals surface area contributed by atoms with Gasteiger partial charge in [-0.2, -0.15) is 0 Å². The maximum Gasteiger partial charge on any atom is 0.240 e. The van der Waals surface area contributed by atoms with E-state index in [2.05, 4.69) is 26.1 Å². The lowest BCUT2D eigenvalue weighted by Crippen LogP contribution is -2.45. The lowest BCUT2D eigenvalue weighted by molar-refractivity contribution is 0.237. The molecule has 1 N–H and O–H groups in total. The van der Waals surface area contributed by atoms with Crippen LogP contribution >= 0.6 is 0 Å². The van der Waals surface area contributed by atoms with Crippen LogP contribution in [0.3, 0.4) is 0 Å². The molecule has 0 radical (unpaired) electrons. The standard InChI is InChI=1S/C6H9N7O2/c1-14-5-3-6(15-2)9-13(8-5)12-4-7-10-11-12/h3-4,8H,1-2H3. The molecule has 0 spiro atoms. The summed E-state index contributed by atoms with van der Waals surface area (Å²) in [4.78, 5) is 1.28. The zero-order valence-corrected chi connectivity index (χ0v) is 8.15. The second kappa shape index (κ2) is 3.82.